The first kappa shape index (κ1) is 98.2. The van der Waals surface area contributed by atoms with Gasteiger partial charge in [-0.15, -0.1) is 6.58 Å². The number of aliphatic hydroxyl groups is 2. The van der Waals surface area contributed by atoms with E-state index < -0.39 is 176 Å². The topological polar surface area (TPSA) is 399 Å². The van der Waals surface area contributed by atoms with E-state index in [1.165, 1.54) is 74.5 Å². The Balaban J connectivity index is 0.000000278. The van der Waals surface area contributed by atoms with Crippen molar-refractivity contribution in [2.45, 2.75) is 233 Å². The number of esters is 4. The molecule has 5 heterocycles. The van der Waals surface area contributed by atoms with E-state index in [0.717, 1.165) is 40.3 Å². The number of amides is 2. The number of benzene rings is 4. The molecule has 9 rings (SSSR count). The highest BCUT2D eigenvalue weighted by Crippen LogP contribution is 2.47. The zero-order valence-electron chi connectivity index (χ0n) is 67.6. The summed E-state index contributed by atoms with van der Waals surface area (Å²) in [7, 11) is -16.7. The average molecular weight is 1750 g/mol. The van der Waals surface area contributed by atoms with Gasteiger partial charge in [-0.05, 0) is 138 Å². The Morgan fingerprint density at radius 1 is 0.513 bits per heavy atom. The molecule has 5 aliphatic heterocycles. The quantitative estimate of drug-likeness (QED) is 0.0263. The number of carbonyl (C=O) groups excluding carboxylic acids is 6. The van der Waals surface area contributed by atoms with Gasteiger partial charge in [-0.3, -0.25) is 9.80 Å². The maximum atomic E-state index is 13.0. The number of hydrogen-bond acceptors (Lipinski definition) is 30. The first-order chi connectivity index (χ1) is 52.7. The van der Waals surface area contributed by atoms with Crippen LogP contribution in [-0.4, -0.2) is 179 Å². The molecule has 44 heteroatoms. The molecule has 0 spiro atoms. The number of hydrogen-bond donors (Lipinski definition) is 2. The number of halogens is 9. The van der Waals surface area contributed by atoms with Crippen LogP contribution < -0.4 is 41.3 Å². The Morgan fingerprint density at radius 2 is 0.846 bits per heavy atom. The highest BCUT2D eigenvalue weighted by atomic mass is 32.2. The largest absolute Gasteiger partial charge is 0.534 e. The van der Waals surface area contributed by atoms with Crippen LogP contribution in [0.25, 0.3) is 0 Å². The second-order valence-corrected chi connectivity index (χ2v) is 35.8. The van der Waals surface area contributed by atoms with Crippen LogP contribution in [0.4, 0.5) is 60.5 Å². The molecule has 1 saturated heterocycles. The predicted molar refractivity (Wildman–Crippen MR) is 393 cm³/mol. The number of fused-ring (bicyclic) bond motifs is 4. The monoisotopic (exact) mass is 1740 g/mol. The predicted octanol–water partition coefficient (Wildman–Crippen LogP) is 13.7. The minimum Gasteiger partial charge on any atom is -0.452 e. The smallest absolute Gasteiger partial charge is 0.452 e. The van der Waals surface area contributed by atoms with Gasteiger partial charge in [0.1, 0.15) is 56.5 Å². The Hall–Kier alpha value is -9.34. The van der Waals surface area contributed by atoms with Crippen molar-refractivity contribution in [3.63, 3.8) is 0 Å². The van der Waals surface area contributed by atoms with Crippen molar-refractivity contribution < 1.29 is 178 Å². The molecule has 656 valence electrons. The van der Waals surface area contributed by atoms with Crippen LogP contribution in [-0.2, 0) is 79.4 Å². The Labute approximate surface area is 669 Å². The summed E-state index contributed by atoms with van der Waals surface area (Å²) >= 11 is 0. The third-order valence-corrected chi connectivity index (χ3v) is 17.8. The van der Waals surface area contributed by atoms with Gasteiger partial charge in [0.2, 0.25) is 23.1 Å². The van der Waals surface area contributed by atoms with Gasteiger partial charge in [0, 0.05) is 93.3 Å². The molecule has 0 aromatic heterocycles. The van der Waals surface area contributed by atoms with Crippen molar-refractivity contribution in [2.24, 2.45) is 0 Å². The van der Waals surface area contributed by atoms with Gasteiger partial charge in [-0.2, -0.15) is 64.8 Å². The van der Waals surface area contributed by atoms with E-state index in [1.807, 2.05) is 46.8 Å². The summed E-state index contributed by atoms with van der Waals surface area (Å²) in [5.74, 6) is -13.3. The molecular formula is C73H93F9N2O30S3. The van der Waals surface area contributed by atoms with Crippen LogP contribution in [0, 0.1) is 13.8 Å². The number of aryl methyl sites for hydroxylation is 3. The van der Waals surface area contributed by atoms with Gasteiger partial charge in [0.25, 0.3) is 0 Å². The van der Waals surface area contributed by atoms with E-state index in [2.05, 4.69) is 19.1 Å². The van der Waals surface area contributed by atoms with E-state index >= 15 is 0 Å². The second-order valence-electron chi connectivity index (χ2n) is 31.2. The highest BCUT2D eigenvalue weighted by molar-refractivity contribution is 7.88. The van der Waals surface area contributed by atoms with Crippen LogP contribution >= 0.6 is 0 Å². The van der Waals surface area contributed by atoms with Crippen LogP contribution in [0.3, 0.4) is 0 Å². The highest BCUT2D eigenvalue weighted by Gasteiger charge is 2.53. The summed E-state index contributed by atoms with van der Waals surface area (Å²) in [4.78, 5) is 76.0. The lowest BCUT2D eigenvalue weighted by Gasteiger charge is -2.34. The van der Waals surface area contributed by atoms with Gasteiger partial charge < -0.3 is 84.3 Å². The third kappa shape index (κ3) is 27.4. The molecule has 1 fully saturated rings. The molecule has 0 saturated carbocycles. The van der Waals surface area contributed by atoms with Crippen molar-refractivity contribution in [2.75, 3.05) is 43.2 Å². The first-order valence-corrected chi connectivity index (χ1v) is 39.0. The number of cyclic esters (lactones) is 4. The van der Waals surface area contributed by atoms with Gasteiger partial charge in [-0.1, -0.05) is 12.1 Å². The Kier molecular flexibility index (Phi) is 29.6. The summed E-state index contributed by atoms with van der Waals surface area (Å²) in [5, 5.41) is 19.1. The van der Waals surface area contributed by atoms with Crippen molar-refractivity contribution in [1.82, 2.24) is 0 Å². The van der Waals surface area contributed by atoms with Crippen molar-refractivity contribution in [3.05, 3.63) is 100 Å². The lowest BCUT2D eigenvalue weighted by atomic mass is 10.0. The summed E-state index contributed by atoms with van der Waals surface area (Å²) in [6, 6.07) is 9.87. The van der Waals surface area contributed by atoms with Crippen LogP contribution in [0.1, 0.15) is 196 Å². The third-order valence-electron chi connectivity index (χ3n) is 14.9. The van der Waals surface area contributed by atoms with E-state index in [9.17, 15) is 104 Å². The van der Waals surface area contributed by atoms with Crippen LogP contribution in [0.5, 0.6) is 40.2 Å². The van der Waals surface area contributed by atoms with Gasteiger partial charge in [-0.25, -0.2) is 28.8 Å². The maximum Gasteiger partial charge on any atom is 0.534 e. The summed E-state index contributed by atoms with van der Waals surface area (Å²) in [6.45, 7) is 36.6. The number of anilines is 2. The molecule has 2 amide bonds. The van der Waals surface area contributed by atoms with Crippen LogP contribution in [0.15, 0.2) is 61.2 Å². The van der Waals surface area contributed by atoms with Crippen LogP contribution in [0.2, 0.25) is 0 Å². The van der Waals surface area contributed by atoms with Crippen molar-refractivity contribution >= 4 is 77.8 Å². The van der Waals surface area contributed by atoms with E-state index in [-0.39, 0.29) is 53.5 Å². The number of carbonyl (C=O) groups is 6. The number of rotatable bonds is 16. The van der Waals surface area contributed by atoms with Gasteiger partial charge in [0.15, 0.2) is 23.0 Å². The van der Waals surface area contributed by atoms with Crippen molar-refractivity contribution in [3.8, 4) is 40.2 Å². The summed E-state index contributed by atoms with van der Waals surface area (Å²) < 4.78 is 267. The molecule has 4 aromatic carbocycles. The molecule has 117 heavy (non-hydrogen) atoms. The fraction of sp³-hybridized carbons (Fsp3) is 0.562. The second kappa shape index (κ2) is 35.3. The zero-order chi connectivity index (χ0) is 89.9. The molecule has 4 aromatic rings. The standard InChI is InChI=1S/C19H24F3NO10S.C19H22F3NO8S.C18H21F3O8S.C12H14O3.C5H12O/c1-17(2,3)32-16(27)23(8-11(25)9-24)10-6-12-14(15(26)31-18(4,5)30-12)13(7-10)33-34(28,29)19(20,21)22;1-7-8-23(16(25)30-17(2,3)4)11-9-12-14(15(24)29-18(5,6)28-12)13(10-11)31-32(26,27)19(20,21)22;1-16(2)25-9-11(26-16)6-5-10-7-12-14(15(22)28-17(3,4)27-12)13(8-10)29-30(23,24)18(19,20)21;1-7-5-8(2)10-9(6-7)14-12(3,4)15-11(10)13;1-5(2,3)6-4/h6-7,11,24-25H,8-9H2,1-5H3;7,9-10H,1,8H2,2-6H3;7-8,11H,5-6,9H2,1-4H3;5-6H,1-4H3;1-4H3. The molecule has 32 nitrogen and oxygen atoms in total. The summed E-state index contributed by atoms with van der Waals surface area (Å²) in [6.07, 6.45) is -1.80. The number of aliphatic hydroxyl groups excluding tert-OH is 2. The molecule has 0 bridgehead atoms. The minimum absolute atomic E-state index is 0.0417. The van der Waals surface area contributed by atoms with Crippen molar-refractivity contribution in [1.29, 1.82) is 0 Å². The summed E-state index contributed by atoms with van der Waals surface area (Å²) in [5.41, 5.74) is -18.8. The number of ether oxygens (including phenoxy) is 13. The zero-order valence-corrected chi connectivity index (χ0v) is 70.1. The maximum absolute atomic E-state index is 13.0. The first-order valence-electron chi connectivity index (χ1n) is 34.8. The molecule has 0 radical (unpaired) electrons. The fourth-order valence-corrected chi connectivity index (χ4v) is 11.5. The molecule has 5 aliphatic rings. The lowest BCUT2D eigenvalue weighted by molar-refractivity contribution is -0.139. The number of alkyl halides is 9. The van der Waals surface area contributed by atoms with E-state index in [1.54, 1.807) is 55.6 Å². The molecular weight excluding hydrogens is 1650 g/mol. The van der Waals surface area contributed by atoms with E-state index in [0.29, 0.717) is 40.9 Å². The van der Waals surface area contributed by atoms with Gasteiger partial charge in [0.05, 0.1) is 48.9 Å². The lowest BCUT2D eigenvalue weighted by Crippen LogP contribution is -2.43. The normalized spacial score (nSPS) is 17.8. The molecule has 0 aliphatic carbocycles. The molecule has 2 atom stereocenters. The van der Waals surface area contributed by atoms with E-state index in [4.69, 9.17) is 61.6 Å². The Morgan fingerprint density at radius 3 is 1.17 bits per heavy atom. The average Bonchev–Trinajstić information content (AvgIpc) is 1.31. The SMILES string of the molecule is C=CCN(C(=O)OC(C)(C)C)c1cc2c(c(OS(=O)(=O)C(F)(F)F)c1)C(=O)OC(C)(C)O2.CC(C)(C)OC(=O)N(CC(O)CO)c1cc2c(c(OS(=O)(=O)C(F)(F)F)c1)C(=O)OC(C)(C)O2.CC1(C)OC(=O)c2c(cc(CCC3COC(C)(C)O3)cc2OS(=O)(=O)C(F)(F)F)O1.COC(C)(C)C.Cc1cc(C)c2c(c1)OC(C)(C)OC2=O. The number of nitrogens with zero attached hydrogens (tertiary/aromatic N) is 2. The minimum atomic E-state index is -6.24. The molecule has 2 unspecified atom stereocenters. The molecule has 2 N–H and O–H groups in total. The Bertz CT molecular complexity index is 4750. The van der Waals surface area contributed by atoms with Gasteiger partial charge >= 0.3 is 82.9 Å². The number of methoxy groups -OCH3 is 1. The fourth-order valence-electron chi connectivity index (χ4n) is 10.1.